The van der Waals surface area contributed by atoms with E-state index >= 15 is 0 Å². The van der Waals surface area contributed by atoms with Gasteiger partial charge in [-0.3, -0.25) is 4.79 Å². The number of hydrogen-bond acceptors (Lipinski definition) is 4. The molecule has 3 rings (SSSR count). The molecule has 23 heavy (non-hydrogen) atoms. The fourth-order valence-corrected chi connectivity index (χ4v) is 3.41. The number of carbonyl (C=O) groups excluding carboxylic acids is 1. The van der Waals surface area contributed by atoms with Gasteiger partial charge in [-0.05, 0) is 45.3 Å². The van der Waals surface area contributed by atoms with Crippen LogP contribution in [0.1, 0.15) is 5.56 Å². The quantitative estimate of drug-likeness (QED) is 0.508. The van der Waals surface area contributed by atoms with Gasteiger partial charge in [0.2, 0.25) is 0 Å². The van der Waals surface area contributed by atoms with Crippen molar-refractivity contribution in [3.63, 3.8) is 0 Å². The summed E-state index contributed by atoms with van der Waals surface area (Å²) < 4.78 is 9.64. The normalized spacial score (nSPS) is 10.7. The number of rotatable bonds is 6. The Morgan fingerprint density at radius 2 is 1.96 bits per heavy atom. The highest BCUT2D eigenvalue weighted by Gasteiger charge is 2.09. The highest BCUT2D eigenvalue weighted by atomic mass is 32.2. The second kappa shape index (κ2) is 7.36. The Balaban J connectivity index is 1.87. The average molecular weight is 324 g/mol. The zero-order valence-corrected chi connectivity index (χ0v) is 13.6. The van der Waals surface area contributed by atoms with E-state index in [0.29, 0.717) is 5.75 Å². The van der Waals surface area contributed by atoms with Crippen LogP contribution in [0.25, 0.3) is 21.5 Å². The highest BCUT2D eigenvalue weighted by Crippen LogP contribution is 2.30. The molecule has 0 spiro atoms. The van der Waals surface area contributed by atoms with E-state index in [2.05, 4.69) is 30.3 Å². The van der Waals surface area contributed by atoms with Crippen molar-refractivity contribution in [1.82, 2.24) is 0 Å². The predicted octanol–water partition coefficient (Wildman–Crippen LogP) is 3.97. The summed E-state index contributed by atoms with van der Waals surface area (Å²) in [7, 11) is 1.50. The number of hydrogen-bond donors (Lipinski definition) is 0. The largest absolute Gasteiger partial charge is 0.438 e. The number of fused-ring (bicyclic) bond motifs is 2. The summed E-state index contributed by atoms with van der Waals surface area (Å²) in [6, 6.07) is 20.4. The Morgan fingerprint density at radius 3 is 2.83 bits per heavy atom. The third-order valence-electron chi connectivity index (χ3n) is 3.56. The average Bonchev–Trinajstić information content (AvgIpc) is 2.59. The summed E-state index contributed by atoms with van der Waals surface area (Å²) in [5, 5.41) is 4.69. The van der Waals surface area contributed by atoms with E-state index in [0.717, 1.165) is 16.5 Å². The Hall–Kier alpha value is -2.22. The van der Waals surface area contributed by atoms with Crippen LogP contribution >= 0.6 is 11.8 Å². The lowest BCUT2D eigenvalue weighted by atomic mass is 9.98. The Bertz CT molecular complexity index is 775. The minimum atomic E-state index is -0.263. The number of thioether (sulfide) groups is 1. The van der Waals surface area contributed by atoms with Crippen molar-refractivity contribution in [3.8, 4) is 0 Å². The molecule has 0 radical (unpaired) electrons. The first kappa shape index (κ1) is 15.7. The number of ether oxygens (including phenoxy) is 2. The molecular weight excluding hydrogens is 308 g/mol. The van der Waals surface area contributed by atoms with Gasteiger partial charge in [-0.2, -0.15) is 0 Å². The fraction of sp³-hybridized carbons (Fsp3) is 0.211. The summed E-state index contributed by atoms with van der Waals surface area (Å²) in [5.41, 5.74) is 1.22. The first-order valence-electron chi connectivity index (χ1n) is 7.24. The minimum absolute atomic E-state index is 0.00138. The molecule has 4 heteroatoms. The maximum absolute atomic E-state index is 11.6. The lowest BCUT2D eigenvalue weighted by Gasteiger charge is -2.10. The molecule has 0 bridgehead atoms. The van der Waals surface area contributed by atoms with Crippen LogP contribution in [0.4, 0.5) is 0 Å². The summed E-state index contributed by atoms with van der Waals surface area (Å²) in [4.78, 5) is 11.6. The number of methoxy groups -OCH3 is 1. The molecule has 3 aromatic rings. The summed E-state index contributed by atoms with van der Waals surface area (Å²) in [6.45, 7) is 0.00138. The van der Waals surface area contributed by atoms with E-state index < -0.39 is 0 Å². The molecule has 0 fully saturated rings. The molecule has 0 amide bonds. The smallest absolute Gasteiger partial charge is 0.318 e. The molecule has 0 N–H and O–H groups in total. The van der Waals surface area contributed by atoms with Crippen molar-refractivity contribution in [2.45, 2.75) is 5.75 Å². The number of carbonyl (C=O) groups is 1. The zero-order chi connectivity index (χ0) is 16.1. The van der Waals surface area contributed by atoms with Crippen molar-refractivity contribution in [2.75, 3.05) is 19.7 Å². The van der Waals surface area contributed by atoms with Crippen LogP contribution in [-0.4, -0.2) is 25.6 Å². The third kappa shape index (κ3) is 3.58. The van der Waals surface area contributed by atoms with Crippen molar-refractivity contribution in [1.29, 1.82) is 0 Å². The topological polar surface area (TPSA) is 35.5 Å². The van der Waals surface area contributed by atoms with E-state index in [1.54, 1.807) is 11.8 Å². The SMILES string of the molecule is COCOC(=O)CSCc1c2cc#ccc2cc2ccccc12. The Morgan fingerprint density at radius 1 is 1.13 bits per heavy atom. The molecule has 0 aliphatic carbocycles. The molecule has 0 aromatic heterocycles. The van der Waals surface area contributed by atoms with Gasteiger partial charge >= 0.3 is 5.97 Å². The lowest BCUT2D eigenvalue weighted by Crippen LogP contribution is -2.09. The first-order valence-corrected chi connectivity index (χ1v) is 8.39. The van der Waals surface area contributed by atoms with Crippen LogP contribution in [-0.2, 0) is 20.0 Å². The van der Waals surface area contributed by atoms with E-state index in [4.69, 9.17) is 9.47 Å². The third-order valence-corrected chi connectivity index (χ3v) is 4.50. The molecule has 0 saturated heterocycles. The molecule has 0 unspecified atom stereocenters. The monoisotopic (exact) mass is 324 g/mol. The molecule has 0 aliphatic rings. The van der Waals surface area contributed by atoms with Gasteiger partial charge in [-0.25, -0.2) is 0 Å². The number of benzene rings is 2. The standard InChI is InChI=1S/C19H16O3S/c1-21-13-22-19(20)12-23-11-18-16-8-4-2-6-14(16)10-15-7-3-5-9-17(15)18/h2,4,6-10H,11-13H2,1H3. The predicted molar refractivity (Wildman–Crippen MR) is 93.3 cm³/mol. The maximum atomic E-state index is 11.6. The fourth-order valence-electron chi connectivity index (χ4n) is 2.54. The van der Waals surface area contributed by atoms with Crippen molar-refractivity contribution in [2.24, 2.45) is 0 Å². The van der Waals surface area contributed by atoms with Crippen LogP contribution in [0.2, 0.25) is 0 Å². The van der Waals surface area contributed by atoms with Crippen LogP contribution < -0.4 is 0 Å². The zero-order valence-electron chi connectivity index (χ0n) is 12.8. The lowest BCUT2D eigenvalue weighted by molar-refractivity contribution is -0.150. The molecule has 0 heterocycles. The van der Waals surface area contributed by atoms with Crippen molar-refractivity contribution >= 4 is 39.3 Å². The molecular formula is C19H16O3S. The molecule has 0 atom stereocenters. The summed E-state index contributed by atoms with van der Waals surface area (Å²) in [6.07, 6.45) is 0. The van der Waals surface area contributed by atoms with E-state index in [1.165, 1.54) is 23.4 Å². The highest BCUT2D eigenvalue weighted by molar-refractivity contribution is 7.99. The first-order chi connectivity index (χ1) is 11.3. The van der Waals surface area contributed by atoms with Gasteiger partial charge in [0.05, 0.1) is 5.75 Å². The van der Waals surface area contributed by atoms with E-state index in [9.17, 15) is 4.79 Å². The molecule has 3 aromatic carbocycles. The maximum Gasteiger partial charge on any atom is 0.318 e. The van der Waals surface area contributed by atoms with Gasteiger partial charge in [0.15, 0.2) is 6.79 Å². The van der Waals surface area contributed by atoms with Crippen LogP contribution in [0, 0.1) is 12.1 Å². The van der Waals surface area contributed by atoms with Crippen LogP contribution in [0.15, 0.2) is 42.5 Å². The summed E-state index contributed by atoms with van der Waals surface area (Å²) in [5.74, 6) is 0.774. The number of esters is 1. The van der Waals surface area contributed by atoms with Crippen LogP contribution in [0.5, 0.6) is 0 Å². The van der Waals surface area contributed by atoms with Crippen molar-refractivity contribution in [3.05, 3.63) is 60.2 Å². The van der Waals surface area contributed by atoms with E-state index in [-0.39, 0.29) is 12.8 Å². The van der Waals surface area contributed by atoms with Crippen LogP contribution in [0.3, 0.4) is 0 Å². The van der Waals surface area contributed by atoms with Gasteiger partial charge in [0, 0.05) is 12.9 Å². The van der Waals surface area contributed by atoms with Gasteiger partial charge < -0.3 is 9.47 Å². The van der Waals surface area contributed by atoms with E-state index in [1.807, 2.05) is 24.3 Å². The molecule has 0 saturated carbocycles. The second-order valence-corrected chi connectivity index (χ2v) is 6.06. The van der Waals surface area contributed by atoms with Gasteiger partial charge in [-0.1, -0.05) is 36.4 Å². The van der Waals surface area contributed by atoms with Crippen molar-refractivity contribution < 1.29 is 14.3 Å². The minimum Gasteiger partial charge on any atom is -0.438 e. The van der Waals surface area contributed by atoms with Gasteiger partial charge in [-0.15, -0.1) is 11.8 Å². The molecule has 116 valence electrons. The Kier molecular flexibility index (Phi) is 5.02. The summed E-state index contributed by atoms with van der Waals surface area (Å²) >= 11 is 1.54. The second-order valence-electron chi connectivity index (χ2n) is 5.07. The van der Waals surface area contributed by atoms with Gasteiger partial charge in [0.1, 0.15) is 0 Å². The van der Waals surface area contributed by atoms with Gasteiger partial charge in [0.25, 0.3) is 0 Å². The Labute approximate surface area is 139 Å². The molecule has 0 aliphatic heterocycles. The molecule has 3 nitrogen and oxygen atoms in total.